The molecular weight excluding hydrogens is 383 g/mol. The highest BCUT2D eigenvalue weighted by Crippen LogP contribution is 2.32. The minimum absolute atomic E-state index is 0.799. The van der Waals surface area contributed by atoms with Crippen LogP contribution in [0.15, 0.2) is 16.6 Å². The van der Waals surface area contributed by atoms with E-state index in [1.807, 2.05) is 12.1 Å². The molecule has 16 heavy (non-hydrogen) atoms. The third kappa shape index (κ3) is 1.73. The second-order valence-corrected chi connectivity index (χ2v) is 5.74. The lowest BCUT2D eigenvalue weighted by Gasteiger charge is -2.15. The van der Waals surface area contributed by atoms with Crippen molar-refractivity contribution in [3.8, 4) is 5.75 Å². The predicted octanol–water partition coefficient (Wildman–Crippen LogP) is 3.58. The maximum Gasteiger partial charge on any atom is 0.172 e. The lowest BCUT2D eigenvalue weighted by molar-refractivity contribution is 0.298. The fourth-order valence-electron chi connectivity index (χ4n) is 2.04. The molecule has 0 N–H and O–H groups in total. The van der Waals surface area contributed by atoms with Crippen molar-refractivity contribution in [1.82, 2.24) is 9.55 Å². The van der Waals surface area contributed by atoms with Crippen LogP contribution < -0.4 is 4.74 Å². The highest BCUT2D eigenvalue weighted by atomic mass is 127. The quantitative estimate of drug-likeness (QED) is 0.641. The van der Waals surface area contributed by atoms with Crippen LogP contribution in [-0.4, -0.2) is 16.2 Å². The first-order chi connectivity index (χ1) is 7.75. The van der Waals surface area contributed by atoms with E-state index in [1.165, 1.54) is 0 Å². The summed E-state index contributed by atoms with van der Waals surface area (Å²) in [5, 5.41) is 0. The Bertz CT molecular complexity index is 552. The van der Waals surface area contributed by atoms with Gasteiger partial charge in [-0.05, 0) is 47.6 Å². The molecule has 0 saturated heterocycles. The van der Waals surface area contributed by atoms with E-state index in [2.05, 4.69) is 48.1 Å². The summed E-state index contributed by atoms with van der Waals surface area (Å²) < 4.78 is 10.1. The maximum absolute atomic E-state index is 5.80. The maximum atomic E-state index is 5.80. The second-order valence-electron chi connectivity index (χ2n) is 3.86. The Balaban J connectivity index is 2.34. The zero-order valence-electron chi connectivity index (χ0n) is 8.54. The number of aromatic nitrogens is 2. The Morgan fingerprint density at radius 2 is 2.25 bits per heavy atom. The number of hydrogen-bond donors (Lipinski definition) is 0. The van der Waals surface area contributed by atoms with Crippen LogP contribution in [0.1, 0.15) is 12.8 Å². The molecule has 84 valence electrons. The molecule has 1 aliphatic rings. The van der Waals surface area contributed by atoms with Crippen molar-refractivity contribution in [2.45, 2.75) is 19.4 Å². The largest absolute Gasteiger partial charge is 0.491 e. The van der Waals surface area contributed by atoms with Crippen LogP contribution in [0.25, 0.3) is 11.0 Å². The van der Waals surface area contributed by atoms with Crippen LogP contribution in [-0.2, 0) is 6.54 Å². The molecule has 2 aromatic rings. The molecule has 0 aliphatic carbocycles. The Morgan fingerprint density at radius 3 is 3.12 bits per heavy atom. The van der Waals surface area contributed by atoms with Crippen molar-refractivity contribution in [2.75, 3.05) is 6.61 Å². The highest BCUT2D eigenvalue weighted by molar-refractivity contribution is 14.1. The van der Waals surface area contributed by atoms with Crippen LogP contribution >= 0.6 is 38.5 Å². The van der Waals surface area contributed by atoms with Gasteiger partial charge in [0.1, 0.15) is 11.3 Å². The summed E-state index contributed by atoms with van der Waals surface area (Å²) in [7, 11) is 0. The van der Waals surface area contributed by atoms with E-state index in [0.29, 0.717) is 0 Å². The van der Waals surface area contributed by atoms with Gasteiger partial charge in [-0.2, -0.15) is 0 Å². The molecule has 0 unspecified atom stereocenters. The zero-order valence-corrected chi connectivity index (χ0v) is 12.3. The molecule has 5 heteroatoms. The van der Waals surface area contributed by atoms with E-state index in [0.717, 1.165) is 51.1 Å². The molecule has 0 amide bonds. The molecule has 0 fully saturated rings. The Hall–Kier alpha value is -0.300. The number of aryl methyl sites for hydroxylation is 1. The lowest BCUT2D eigenvalue weighted by atomic mass is 10.2. The van der Waals surface area contributed by atoms with Crippen molar-refractivity contribution in [3.05, 3.63) is 20.4 Å². The zero-order chi connectivity index (χ0) is 11.1. The average Bonchev–Trinajstić information content (AvgIpc) is 2.49. The number of nitrogens with zero attached hydrogens (tertiary/aromatic N) is 2. The van der Waals surface area contributed by atoms with E-state index in [1.54, 1.807) is 0 Å². The highest BCUT2D eigenvalue weighted by Gasteiger charge is 2.16. The van der Waals surface area contributed by atoms with E-state index >= 15 is 0 Å². The lowest BCUT2D eigenvalue weighted by Crippen LogP contribution is -2.08. The van der Waals surface area contributed by atoms with E-state index in [4.69, 9.17) is 4.74 Å². The summed E-state index contributed by atoms with van der Waals surface area (Å²) in [5.74, 6) is 0.944. The first kappa shape index (κ1) is 10.8. The number of rotatable bonds is 0. The van der Waals surface area contributed by atoms with Gasteiger partial charge in [-0.1, -0.05) is 15.9 Å². The predicted molar refractivity (Wildman–Crippen MR) is 74.9 cm³/mol. The number of ether oxygens (including phenoxy) is 1. The second kappa shape index (κ2) is 4.18. The third-order valence-corrected chi connectivity index (χ3v) is 4.04. The van der Waals surface area contributed by atoms with Gasteiger partial charge in [0, 0.05) is 11.0 Å². The summed E-state index contributed by atoms with van der Waals surface area (Å²) in [6.07, 6.45) is 2.25. The van der Waals surface area contributed by atoms with Gasteiger partial charge < -0.3 is 9.30 Å². The number of benzene rings is 1. The van der Waals surface area contributed by atoms with Gasteiger partial charge in [0.2, 0.25) is 0 Å². The first-order valence-electron chi connectivity index (χ1n) is 5.24. The van der Waals surface area contributed by atoms with Gasteiger partial charge in [-0.3, -0.25) is 0 Å². The van der Waals surface area contributed by atoms with Gasteiger partial charge >= 0.3 is 0 Å². The molecular formula is C11H10BrIN2O. The normalized spacial score (nSPS) is 15.6. The Labute approximate surface area is 115 Å². The minimum atomic E-state index is 0.799. The average molecular weight is 393 g/mol. The van der Waals surface area contributed by atoms with Gasteiger partial charge in [0.15, 0.2) is 3.83 Å². The molecule has 0 atom stereocenters. The standard InChI is InChI=1S/C11H10BrIN2O/c12-7-5-8-10-9(6-7)16-4-2-1-3-15(10)11(13)14-8/h5-6H,1-4H2. The van der Waals surface area contributed by atoms with Crippen molar-refractivity contribution in [1.29, 1.82) is 0 Å². The summed E-state index contributed by atoms with van der Waals surface area (Å²) in [6, 6.07) is 4.07. The van der Waals surface area contributed by atoms with E-state index in [-0.39, 0.29) is 0 Å². The van der Waals surface area contributed by atoms with Gasteiger partial charge in [0.05, 0.1) is 12.1 Å². The van der Waals surface area contributed by atoms with Crippen molar-refractivity contribution < 1.29 is 4.74 Å². The van der Waals surface area contributed by atoms with Crippen LogP contribution in [0.2, 0.25) is 0 Å². The van der Waals surface area contributed by atoms with E-state index in [9.17, 15) is 0 Å². The summed E-state index contributed by atoms with van der Waals surface area (Å²) >= 11 is 5.78. The molecule has 2 heterocycles. The first-order valence-corrected chi connectivity index (χ1v) is 7.11. The monoisotopic (exact) mass is 392 g/mol. The fourth-order valence-corrected chi connectivity index (χ4v) is 3.20. The van der Waals surface area contributed by atoms with Gasteiger partial charge in [-0.25, -0.2) is 4.98 Å². The third-order valence-electron chi connectivity index (χ3n) is 2.76. The summed E-state index contributed by atoms with van der Waals surface area (Å²) in [6.45, 7) is 1.83. The molecule has 3 nitrogen and oxygen atoms in total. The molecule has 3 rings (SSSR count). The molecule has 0 bridgehead atoms. The van der Waals surface area contributed by atoms with E-state index < -0.39 is 0 Å². The Morgan fingerprint density at radius 1 is 1.38 bits per heavy atom. The Kier molecular flexibility index (Phi) is 2.83. The summed E-state index contributed by atoms with van der Waals surface area (Å²) in [4.78, 5) is 4.57. The number of imidazole rings is 1. The SMILES string of the molecule is Brc1cc2c3c(c1)nc(I)n3CCCCO2. The van der Waals surface area contributed by atoms with Gasteiger partial charge in [0.25, 0.3) is 0 Å². The van der Waals surface area contributed by atoms with Crippen molar-refractivity contribution in [3.63, 3.8) is 0 Å². The molecule has 1 aromatic carbocycles. The molecule has 1 aromatic heterocycles. The summed E-state index contributed by atoms with van der Waals surface area (Å²) in [5.41, 5.74) is 2.14. The molecule has 0 saturated carbocycles. The molecule has 0 radical (unpaired) electrons. The van der Waals surface area contributed by atoms with Crippen LogP contribution in [0.3, 0.4) is 0 Å². The molecule has 0 spiro atoms. The van der Waals surface area contributed by atoms with Crippen LogP contribution in [0.5, 0.6) is 5.75 Å². The van der Waals surface area contributed by atoms with Crippen LogP contribution in [0, 0.1) is 3.83 Å². The van der Waals surface area contributed by atoms with Crippen molar-refractivity contribution in [2.24, 2.45) is 0 Å². The number of halogens is 2. The molecule has 1 aliphatic heterocycles. The smallest absolute Gasteiger partial charge is 0.172 e. The number of hydrogen-bond acceptors (Lipinski definition) is 2. The van der Waals surface area contributed by atoms with Gasteiger partial charge in [-0.15, -0.1) is 0 Å². The van der Waals surface area contributed by atoms with Crippen molar-refractivity contribution >= 4 is 49.6 Å². The van der Waals surface area contributed by atoms with Crippen LogP contribution in [0.4, 0.5) is 0 Å². The minimum Gasteiger partial charge on any atom is -0.491 e. The topological polar surface area (TPSA) is 27.1 Å². The fraction of sp³-hybridized carbons (Fsp3) is 0.364.